The van der Waals surface area contributed by atoms with Crippen LogP contribution in [0, 0.1) is 19.8 Å². The molecule has 0 radical (unpaired) electrons. The van der Waals surface area contributed by atoms with Crippen molar-refractivity contribution < 1.29 is 28.7 Å². The van der Waals surface area contributed by atoms with E-state index in [2.05, 4.69) is 10.2 Å². The van der Waals surface area contributed by atoms with Crippen molar-refractivity contribution in [1.29, 1.82) is 0 Å². The summed E-state index contributed by atoms with van der Waals surface area (Å²) in [6.45, 7) is 5.30. The number of esters is 1. The Morgan fingerprint density at radius 1 is 0.867 bits per heavy atom. The number of anilines is 2. The fourth-order valence-corrected chi connectivity index (χ4v) is 5.70. The number of benzene rings is 3. The summed E-state index contributed by atoms with van der Waals surface area (Å²) in [4.78, 5) is 56.8. The third-order valence-electron chi connectivity index (χ3n) is 7.79. The molecule has 0 saturated carbocycles. The number of hydrogen-bond donors (Lipinski definition) is 0. The summed E-state index contributed by atoms with van der Waals surface area (Å²) in [6, 6.07) is 19.2. The van der Waals surface area contributed by atoms with Crippen LogP contribution in [0.2, 0.25) is 5.02 Å². The number of hydrazone groups is 1. The highest BCUT2D eigenvalue weighted by atomic mass is 35.5. The molecule has 3 heterocycles. The Hall–Kier alpha value is -5.29. The van der Waals surface area contributed by atoms with Gasteiger partial charge in [0.15, 0.2) is 5.69 Å². The number of nitrogens with zero attached hydrogens (tertiary/aromatic N) is 5. The number of ether oxygens (including phenoxy) is 2. The standard InChI is InChI=1S/C33H28ClN5O6/c1-5-45-33(43)28-25(19(3)38(36-28)22-10-6-18(2)7-11-22)30(40)27-26-29(39(35-27)23-12-8-20(34)9-13-23)32(42)37(31(26)41)21-14-16-24(44-4)17-15-21/h6-17,26,29H,5H2,1-4H3. The van der Waals surface area contributed by atoms with E-state index in [-0.39, 0.29) is 23.6 Å². The topological polar surface area (TPSA) is 123 Å². The van der Waals surface area contributed by atoms with Gasteiger partial charge in [-0.25, -0.2) is 14.4 Å². The maximum atomic E-state index is 14.5. The number of hydrogen-bond acceptors (Lipinski definition) is 9. The molecule has 11 nitrogen and oxygen atoms in total. The van der Waals surface area contributed by atoms with Crippen molar-refractivity contribution in [1.82, 2.24) is 9.78 Å². The SMILES string of the molecule is CCOC(=O)c1nn(-c2ccc(C)cc2)c(C)c1C(=O)C1=NN(c2ccc(Cl)cc2)C2C(=O)N(c3ccc(OC)cc3)C(=O)C12. The fraction of sp³-hybridized carbons (Fsp3) is 0.212. The molecule has 2 aliphatic heterocycles. The van der Waals surface area contributed by atoms with Gasteiger partial charge in [-0.3, -0.25) is 19.4 Å². The first-order chi connectivity index (χ1) is 21.6. The van der Waals surface area contributed by atoms with Gasteiger partial charge in [-0.2, -0.15) is 10.2 Å². The van der Waals surface area contributed by atoms with E-state index in [4.69, 9.17) is 21.1 Å². The molecule has 1 fully saturated rings. The number of rotatable bonds is 8. The molecule has 4 aromatic rings. The lowest BCUT2D eigenvalue weighted by molar-refractivity contribution is -0.121. The first-order valence-corrected chi connectivity index (χ1v) is 14.6. The van der Waals surface area contributed by atoms with E-state index in [0.29, 0.717) is 33.5 Å². The van der Waals surface area contributed by atoms with Gasteiger partial charge in [0, 0.05) is 5.02 Å². The lowest BCUT2D eigenvalue weighted by Crippen LogP contribution is -2.39. The van der Waals surface area contributed by atoms with Crippen molar-refractivity contribution in [3.63, 3.8) is 0 Å². The Balaban J connectivity index is 1.49. The zero-order valence-corrected chi connectivity index (χ0v) is 25.6. The molecular weight excluding hydrogens is 598 g/mol. The highest BCUT2D eigenvalue weighted by Crippen LogP contribution is 2.39. The van der Waals surface area contributed by atoms with Gasteiger partial charge >= 0.3 is 5.97 Å². The quantitative estimate of drug-likeness (QED) is 0.153. The number of carbonyl (C=O) groups is 4. The summed E-state index contributed by atoms with van der Waals surface area (Å²) in [7, 11) is 1.51. The van der Waals surface area contributed by atoms with Gasteiger partial charge < -0.3 is 9.47 Å². The van der Waals surface area contributed by atoms with Gasteiger partial charge in [-0.1, -0.05) is 29.3 Å². The number of aromatic nitrogens is 2. The molecule has 3 aromatic carbocycles. The molecule has 0 spiro atoms. The average molecular weight is 626 g/mol. The smallest absolute Gasteiger partial charge is 0.359 e. The predicted octanol–water partition coefficient (Wildman–Crippen LogP) is 4.94. The van der Waals surface area contributed by atoms with Crippen LogP contribution in [0.3, 0.4) is 0 Å². The highest BCUT2D eigenvalue weighted by Gasteiger charge is 2.59. The maximum Gasteiger partial charge on any atom is 0.359 e. The molecule has 45 heavy (non-hydrogen) atoms. The lowest BCUT2D eigenvalue weighted by Gasteiger charge is -2.22. The molecule has 228 valence electrons. The van der Waals surface area contributed by atoms with Crippen molar-refractivity contribution in [2.75, 3.05) is 23.6 Å². The van der Waals surface area contributed by atoms with Gasteiger partial charge in [0.05, 0.1) is 42.0 Å². The minimum absolute atomic E-state index is 0.0582. The second kappa shape index (κ2) is 11.7. The van der Waals surface area contributed by atoms with Crippen molar-refractivity contribution >= 4 is 52.3 Å². The van der Waals surface area contributed by atoms with Crippen molar-refractivity contribution in [2.45, 2.75) is 26.8 Å². The van der Waals surface area contributed by atoms with Crippen LogP contribution in [0.25, 0.3) is 5.69 Å². The highest BCUT2D eigenvalue weighted by molar-refractivity contribution is 6.54. The van der Waals surface area contributed by atoms with Crippen LogP contribution in [0.5, 0.6) is 5.75 Å². The third kappa shape index (κ3) is 5.04. The van der Waals surface area contributed by atoms with Crippen LogP contribution in [0.1, 0.15) is 39.0 Å². The summed E-state index contributed by atoms with van der Waals surface area (Å²) >= 11 is 6.12. The van der Waals surface area contributed by atoms with Gasteiger partial charge in [0.25, 0.3) is 5.91 Å². The molecule has 2 aliphatic rings. The number of aryl methyl sites for hydroxylation is 1. The number of ketones is 1. The minimum atomic E-state index is -1.26. The average Bonchev–Trinajstić information content (AvgIpc) is 3.68. The van der Waals surface area contributed by atoms with Crippen LogP contribution in [0.4, 0.5) is 11.4 Å². The van der Waals surface area contributed by atoms with Crippen molar-refractivity contribution in [2.24, 2.45) is 11.0 Å². The molecule has 0 N–H and O–H groups in total. The molecule has 1 saturated heterocycles. The summed E-state index contributed by atoms with van der Waals surface area (Å²) in [5.74, 6) is -3.41. The van der Waals surface area contributed by atoms with E-state index in [0.717, 1.165) is 10.5 Å². The number of amides is 2. The van der Waals surface area contributed by atoms with Gasteiger partial charge in [0.1, 0.15) is 23.4 Å². The molecule has 0 aliphatic carbocycles. The van der Waals surface area contributed by atoms with Gasteiger partial charge in [-0.15, -0.1) is 0 Å². The Morgan fingerprint density at radius 2 is 1.49 bits per heavy atom. The summed E-state index contributed by atoms with van der Waals surface area (Å²) < 4.78 is 12.0. The third-order valence-corrected chi connectivity index (χ3v) is 8.05. The molecular formula is C33H28ClN5O6. The number of imide groups is 1. The monoisotopic (exact) mass is 625 g/mol. The van der Waals surface area contributed by atoms with E-state index in [1.165, 1.54) is 16.8 Å². The number of Topliss-reactive ketones (excluding diaryl/α,β-unsaturated/α-hetero) is 1. The largest absolute Gasteiger partial charge is 0.497 e. The zero-order chi connectivity index (χ0) is 32.0. The molecule has 6 rings (SSSR count). The number of halogens is 1. The van der Waals surface area contributed by atoms with E-state index in [1.807, 2.05) is 31.2 Å². The molecule has 2 amide bonds. The minimum Gasteiger partial charge on any atom is -0.497 e. The van der Waals surface area contributed by atoms with E-state index >= 15 is 0 Å². The second-order valence-electron chi connectivity index (χ2n) is 10.5. The Kier molecular flexibility index (Phi) is 7.71. The maximum absolute atomic E-state index is 14.5. The summed E-state index contributed by atoms with van der Waals surface area (Å²) in [6.07, 6.45) is 0. The van der Waals surface area contributed by atoms with E-state index < -0.39 is 35.5 Å². The number of carbonyl (C=O) groups excluding carboxylic acids is 4. The normalized spacial score (nSPS) is 17.4. The van der Waals surface area contributed by atoms with Gasteiger partial charge in [-0.05, 0) is 81.4 Å². The van der Waals surface area contributed by atoms with Gasteiger partial charge in [0.2, 0.25) is 11.7 Å². The first kappa shape index (κ1) is 29.8. The molecule has 12 heteroatoms. The van der Waals surface area contributed by atoms with Crippen LogP contribution in [0.15, 0.2) is 77.9 Å². The van der Waals surface area contributed by atoms with Crippen LogP contribution in [-0.2, 0) is 14.3 Å². The predicted molar refractivity (Wildman–Crippen MR) is 167 cm³/mol. The lowest BCUT2D eigenvalue weighted by atomic mass is 9.91. The Bertz CT molecular complexity index is 1870. The molecule has 0 bridgehead atoms. The Morgan fingerprint density at radius 3 is 2.11 bits per heavy atom. The van der Waals surface area contributed by atoms with Crippen LogP contribution in [-0.4, -0.2) is 58.8 Å². The number of fused-ring (bicyclic) bond motifs is 1. The Labute approximate surface area is 263 Å². The summed E-state index contributed by atoms with van der Waals surface area (Å²) in [5.41, 5.74) is 2.28. The zero-order valence-electron chi connectivity index (χ0n) is 24.9. The number of methoxy groups -OCH3 is 1. The van der Waals surface area contributed by atoms with E-state index in [1.54, 1.807) is 62.4 Å². The van der Waals surface area contributed by atoms with Crippen LogP contribution >= 0.6 is 11.6 Å². The first-order valence-electron chi connectivity index (χ1n) is 14.2. The molecule has 2 atom stereocenters. The molecule has 2 unspecified atom stereocenters. The van der Waals surface area contributed by atoms with Crippen LogP contribution < -0.4 is 14.6 Å². The van der Waals surface area contributed by atoms with Crippen molar-refractivity contribution in [3.8, 4) is 11.4 Å². The summed E-state index contributed by atoms with van der Waals surface area (Å²) in [5, 5.41) is 10.9. The van der Waals surface area contributed by atoms with Crippen molar-refractivity contribution in [3.05, 3.63) is 100 Å². The molecule has 1 aromatic heterocycles. The fourth-order valence-electron chi connectivity index (χ4n) is 5.58. The van der Waals surface area contributed by atoms with E-state index in [9.17, 15) is 19.2 Å². The second-order valence-corrected chi connectivity index (χ2v) is 11.0.